The van der Waals surface area contributed by atoms with Gasteiger partial charge < -0.3 is 9.47 Å². The molecule has 8 nitrogen and oxygen atoms in total. The summed E-state index contributed by atoms with van der Waals surface area (Å²) in [5.41, 5.74) is 0. The van der Waals surface area contributed by atoms with Gasteiger partial charge >= 0.3 is 22.3 Å². The summed E-state index contributed by atoms with van der Waals surface area (Å²) in [5.74, 6) is -1.35. The minimum absolute atomic E-state index is 0.0861. The molecule has 0 radical (unpaired) electrons. The number of rotatable bonds is 20. The molecule has 0 rings (SSSR count). The maximum absolute atomic E-state index is 11.5. The van der Waals surface area contributed by atoms with E-state index in [1.54, 1.807) is 0 Å². The summed E-state index contributed by atoms with van der Waals surface area (Å²) in [6, 6.07) is 0. The molecular formula is C21H38O8S. The Bertz CT molecular complexity index is 572. The molecule has 0 aliphatic rings. The first kappa shape index (κ1) is 28.5. The molecule has 0 bridgehead atoms. The van der Waals surface area contributed by atoms with E-state index in [2.05, 4.69) is 11.1 Å². The number of hydrogen-bond donors (Lipinski definition) is 1. The van der Waals surface area contributed by atoms with Crippen LogP contribution in [0.1, 0.15) is 90.4 Å². The van der Waals surface area contributed by atoms with Crippen LogP contribution in [0.15, 0.2) is 12.2 Å². The molecule has 176 valence electrons. The standard InChI is InChI=1S/C21H38O8S/c1-2-3-4-5-6-7-8-9-10-11-12-13-17-27-20(22)15-16-21(23)28-18-14-19-29-30(24,25)26/h15-16H,2-14,17-19H2,1H3,(H,24,25,26)/b16-15-. The van der Waals surface area contributed by atoms with Crippen LogP contribution in [0.4, 0.5) is 0 Å². The van der Waals surface area contributed by atoms with E-state index in [1.807, 2.05) is 0 Å². The molecule has 0 atom stereocenters. The zero-order valence-corrected chi connectivity index (χ0v) is 19.0. The van der Waals surface area contributed by atoms with E-state index in [0.717, 1.165) is 31.4 Å². The third-order valence-corrected chi connectivity index (χ3v) is 4.83. The van der Waals surface area contributed by atoms with E-state index in [1.165, 1.54) is 57.8 Å². The summed E-state index contributed by atoms with van der Waals surface area (Å²) in [5, 5.41) is 0. The average Bonchev–Trinajstić information content (AvgIpc) is 2.68. The fourth-order valence-corrected chi connectivity index (χ4v) is 3.07. The van der Waals surface area contributed by atoms with Crippen molar-refractivity contribution < 1.29 is 36.2 Å². The zero-order valence-electron chi connectivity index (χ0n) is 18.2. The first-order valence-electron chi connectivity index (χ1n) is 11.0. The summed E-state index contributed by atoms with van der Waals surface area (Å²) < 4.78 is 42.8. The smallest absolute Gasteiger partial charge is 0.397 e. The van der Waals surface area contributed by atoms with Crippen LogP contribution in [-0.4, -0.2) is 44.7 Å². The Morgan fingerprint density at radius 1 is 0.667 bits per heavy atom. The highest BCUT2D eigenvalue weighted by Crippen LogP contribution is 2.11. The van der Waals surface area contributed by atoms with Gasteiger partial charge in [0.15, 0.2) is 0 Å². The topological polar surface area (TPSA) is 116 Å². The fraction of sp³-hybridized carbons (Fsp3) is 0.810. The lowest BCUT2D eigenvalue weighted by Crippen LogP contribution is -2.09. The molecule has 0 aromatic rings. The molecule has 0 saturated carbocycles. The SMILES string of the molecule is CCCCCCCCCCCCCCOC(=O)/C=C\C(=O)OCCCOS(=O)(=O)O. The highest BCUT2D eigenvalue weighted by atomic mass is 32.3. The van der Waals surface area contributed by atoms with Crippen LogP contribution in [-0.2, 0) is 33.6 Å². The Labute approximate surface area is 181 Å². The molecule has 0 aliphatic carbocycles. The van der Waals surface area contributed by atoms with Crippen molar-refractivity contribution in [1.82, 2.24) is 0 Å². The van der Waals surface area contributed by atoms with E-state index in [-0.39, 0.29) is 19.6 Å². The largest absolute Gasteiger partial charge is 0.463 e. The Balaban J connectivity index is 3.46. The van der Waals surface area contributed by atoms with Gasteiger partial charge in [0.2, 0.25) is 0 Å². The fourth-order valence-electron chi connectivity index (χ4n) is 2.74. The summed E-state index contributed by atoms with van der Waals surface area (Å²) in [7, 11) is -4.49. The second kappa shape index (κ2) is 19.5. The third-order valence-electron chi connectivity index (χ3n) is 4.36. The predicted molar refractivity (Wildman–Crippen MR) is 114 cm³/mol. The van der Waals surface area contributed by atoms with Crippen LogP contribution < -0.4 is 0 Å². The van der Waals surface area contributed by atoms with Gasteiger partial charge in [-0.2, -0.15) is 8.42 Å². The molecule has 0 heterocycles. The van der Waals surface area contributed by atoms with Crippen LogP contribution in [0, 0.1) is 0 Å². The first-order valence-corrected chi connectivity index (χ1v) is 12.3. The minimum atomic E-state index is -4.49. The lowest BCUT2D eigenvalue weighted by atomic mass is 10.1. The molecule has 0 fully saturated rings. The maximum atomic E-state index is 11.5. The Kier molecular flexibility index (Phi) is 18.6. The van der Waals surface area contributed by atoms with Crippen LogP contribution in [0.2, 0.25) is 0 Å². The molecule has 0 aromatic heterocycles. The van der Waals surface area contributed by atoms with Crippen molar-refractivity contribution in [3.8, 4) is 0 Å². The van der Waals surface area contributed by atoms with Gasteiger partial charge in [-0.05, 0) is 6.42 Å². The second-order valence-corrected chi connectivity index (χ2v) is 8.25. The lowest BCUT2D eigenvalue weighted by molar-refractivity contribution is -0.140. The molecule has 1 N–H and O–H groups in total. The minimum Gasteiger partial charge on any atom is -0.463 e. The number of carbonyl (C=O) groups excluding carboxylic acids is 2. The zero-order chi connectivity index (χ0) is 22.5. The van der Waals surface area contributed by atoms with Gasteiger partial charge in [-0.3, -0.25) is 4.55 Å². The van der Waals surface area contributed by atoms with Crippen molar-refractivity contribution in [2.45, 2.75) is 90.4 Å². The van der Waals surface area contributed by atoms with Gasteiger partial charge in [0.1, 0.15) is 0 Å². The highest BCUT2D eigenvalue weighted by molar-refractivity contribution is 7.80. The average molecular weight is 451 g/mol. The summed E-state index contributed by atoms with van der Waals surface area (Å²) >= 11 is 0. The molecular weight excluding hydrogens is 412 g/mol. The summed E-state index contributed by atoms with van der Waals surface area (Å²) in [6.07, 6.45) is 16.8. The monoisotopic (exact) mass is 450 g/mol. The quantitative estimate of drug-likeness (QED) is 0.124. The van der Waals surface area contributed by atoms with Crippen LogP contribution >= 0.6 is 0 Å². The number of carbonyl (C=O) groups is 2. The number of unbranched alkanes of at least 4 members (excludes halogenated alkanes) is 11. The first-order chi connectivity index (χ1) is 14.3. The van der Waals surface area contributed by atoms with Crippen molar-refractivity contribution >= 4 is 22.3 Å². The third kappa shape index (κ3) is 22.8. The summed E-state index contributed by atoms with van der Waals surface area (Å²) in [4.78, 5) is 22.9. The van der Waals surface area contributed by atoms with Gasteiger partial charge in [-0.25, -0.2) is 13.8 Å². The lowest BCUT2D eigenvalue weighted by Gasteiger charge is -2.04. The van der Waals surface area contributed by atoms with E-state index < -0.39 is 22.3 Å². The highest BCUT2D eigenvalue weighted by Gasteiger charge is 2.05. The molecule has 0 spiro atoms. The van der Waals surface area contributed by atoms with E-state index in [9.17, 15) is 18.0 Å². The molecule has 30 heavy (non-hydrogen) atoms. The number of ether oxygens (including phenoxy) is 2. The van der Waals surface area contributed by atoms with Crippen molar-refractivity contribution in [1.29, 1.82) is 0 Å². The van der Waals surface area contributed by atoms with E-state index >= 15 is 0 Å². The number of esters is 2. The maximum Gasteiger partial charge on any atom is 0.397 e. The Morgan fingerprint density at radius 3 is 1.50 bits per heavy atom. The second-order valence-electron chi connectivity index (χ2n) is 7.16. The van der Waals surface area contributed by atoms with Gasteiger partial charge in [0, 0.05) is 18.6 Å². The predicted octanol–water partition coefficient (Wildman–Crippen LogP) is 4.54. The molecule has 9 heteroatoms. The normalized spacial score (nSPS) is 11.7. The van der Waals surface area contributed by atoms with Crippen molar-refractivity contribution in [2.75, 3.05) is 19.8 Å². The molecule has 0 aliphatic heterocycles. The van der Waals surface area contributed by atoms with Gasteiger partial charge in [0.25, 0.3) is 0 Å². The van der Waals surface area contributed by atoms with E-state index in [0.29, 0.717) is 6.61 Å². The van der Waals surface area contributed by atoms with Crippen molar-refractivity contribution in [2.24, 2.45) is 0 Å². The Hall–Kier alpha value is -1.45. The van der Waals surface area contributed by atoms with E-state index in [4.69, 9.17) is 14.0 Å². The van der Waals surface area contributed by atoms with Gasteiger partial charge in [0.05, 0.1) is 19.8 Å². The van der Waals surface area contributed by atoms with Crippen LogP contribution in [0.3, 0.4) is 0 Å². The summed E-state index contributed by atoms with van der Waals surface area (Å²) in [6.45, 7) is 2.14. The number of hydrogen-bond acceptors (Lipinski definition) is 7. The van der Waals surface area contributed by atoms with Crippen molar-refractivity contribution in [3.63, 3.8) is 0 Å². The molecule has 0 unspecified atom stereocenters. The van der Waals surface area contributed by atoms with Crippen molar-refractivity contribution in [3.05, 3.63) is 12.2 Å². The van der Waals surface area contributed by atoms with Gasteiger partial charge in [-0.1, -0.05) is 77.6 Å². The van der Waals surface area contributed by atoms with Crippen LogP contribution in [0.5, 0.6) is 0 Å². The molecule has 0 aromatic carbocycles. The van der Waals surface area contributed by atoms with Crippen LogP contribution in [0.25, 0.3) is 0 Å². The molecule has 0 saturated heterocycles. The Morgan fingerprint density at radius 2 is 1.07 bits per heavy atom. The van der Waals surface area contributed by atoms with Gasteiger partial charge in [-0.15, -0.1) is 0 Å². The molecule has 0 amide bonds.